The first-order chi connectivity index (χ1) is 8.50. The SMILES string of the molecule is NC(c1cc(Cl)ccc1Cl)c1cccc(Cl)c1F. The Labute approximate surface area is 119 Å². The first-order valence-corrected chi connectivity index (χ1v) is 6.28. The summed E-state index contributed by atoms with van der Waals surface area (Å²) in [5, 5.41) is 0.958. The second kappa shape index (κ2) is 5.45. The predicted octanol–water partition coefficient (Wildman–Crippen LogP) is 4.83. The molecule has 0 heterocycles. The third-order valence-corrected chi connectivity index (χ3v) is 3.48. The molecule has 0 bridgehead atoms. The van der Waals surface area contributed by atoms with Crippen molar-refractivity contribution in [3.63, 3.8) is 0 Å². The fourth-order valence-electron chi connectivity index (χ4n) is 1.68. The molecule has 0 aliphatic heterocycles. The number of hydrogen-bond acceptors (Lipinski definition) is 1. The van der Waals surface area contributed by atoms with Crippen LogP contribution < -0.4 is 5.73 Å². The number of benzene rings is 2. The number of rotatable bonds is 2. The van der Waals surface area contributed by atoms with E-state index in [2.05, 4.69) is 0 Å². The van der Waals surface area contributed by atoms with E-state index in [-0.39, 0.29) is 10.6 Å². The van der Waals surface area contributed by atoms with Crippen LogP contribution in [0.25, 0.3) is 0 Å². The van der Waals surface area contributed by atoms with Crippen molar-refractivity contribution >= 4 is 34.8 Å². The average molecular weight is 305 g/mol. The molecule has 2 N–H and O–H groups in total. The Bertz CT molecular complexity index is 584. The molecule has 0 fully saturated rings. The quantitative estimate of drug-likeness (QED) is 0.844. The highest BCUT2D eigenvalue weighted by Gasteiger charge is 2.18. The maximum absolute atomic E-state index is 13.9. The van der Waals surface area contributed by atoms with Crippen LogP contribution in [-0.4, -0.2) is 0 Å². The minimum atomic E-state index is -0.713. The van der Waals surface area contributed by atoms with Crippen LogP contribution in [0.15, 0.2) is 36.4 Å². The molecule has 1 atom stereocenters. The zero-order chi connectivity index (χ0) is 13.3. The summed E-state index contributed by atoms with van der Waals surface area (Å²) in [4.78, 5) is 0. The summed E-state index contributed by atoms with van der Waals surface area (Å²) >= 11 is 17.7. The Kier molecular flexibility index (Phi) is 4.13. The van der Waals surface area contributed by atoms with E-state index in [1.807, 2.05) is 0 Å². The van der Waals surface area contributed by atoms with Crippen molar-refractivity contribution in [1.29, 1.82) is 0 Å². The van der Waals surface area contributed by atoms with E-state index in [0.717, 1.165) is 0 Å². The summed E-state index contributed by atoms with van der Waals surface area (Å²) in [6, 6.07) is 8.86. The summed E-state index contributed by atoms with van der Waals surface area (Å²) in [7, 11) is 0. The van der Waals surface area contributed by atoms with Crippen molar-refractivity contribution in [2.24, 2.45) is 5.73 Å². The number of halogens is 4. The topological polar surface area (TPSA) is 26.0 Å². The first kappa shape index (κ1) is 13.6. The molecule has 2 aromatic rings. The van der Waals surface area contributed by atoms with E-state index >= 15 is 0 Å². The lowest BCUT2D eigenvalue weighted by molar-refractivity contribution is 0.600. The molecule has 0 amide bonds. The van der Waals surface area contributed by atoms with Gasteiger partial charge in [0.1, 0.15) is 5.82 Å². The molecule has 0 saturated carbocycles. The smallest absolute Gasteiger partial charge is 0.146 e. The van der Waals surface area contributed by atoms with E-state index in [1.165, 1.54) is 6.07 Å². The molecule has 1 unspecified atom stereocenters. The van der Waals surface area contributed by atoms with Gasteiger partial charge >= 0.3 is 0 Å². The van der Waals surface area contributed by atoms with E-state index in [9.17, 15) is 4.39 Å². The lowest BCUT2D eigenvalue weighted by Crippen LogP contribution is -2.14. The minimum Gasteiger partial charge on any atom is -0.320 e. The van der Waals surface area contributed by atoms with Crippen LogP contribution in [0.1, 0.15) is 17.2 Å². The van der Waals surface area contributed by atoms with Crippen LogP contribution in [0.3, 0.4) is 0 Å². The van der Waals surface area contributed by atoms with E-state index < -0.39 is 11.9 Å². The minimum absolute atomic E-state index is 0.0288. The van der Waals surface area contributed by atoms with Crippen molar-refractivity contribution in [2.75, 3.05) is 0 Å². The summed E-state index contributed by atoms with van der Waals surface area (Å²) in [5.74, 6) is -0.539. The molecule has 5 heteroatoms. The highest BCUT2D eigenvalue weighted by Crippen LogP contribution is 2.31. The molecule has 1 nitrogen and oxygen atoms in total. The Balaban J connectivity index is 2.51. The number of nitrogens with two attached hydrogens (primary N) is 1. The van der Waals surface area contributed by atoms with Gasteiger partial charge in [0.2, 0.25) is 0 Å². The first-order valence-electron chi connectivity index (χ1n) is 5.15. The molecule has 0 spiro atoms. The Hall–Kier alpha value is -0.800. The second-order valence-corrected chi connectivity index (χ2v) is 5.04. The van der Waals surface area contributed by atoms with Gasteiger partial charge in [0.25, 0.3) is 0 Å². The van der Waals surface area contributed by atoms with E-state index in [1.54, 1.807) is 30.3 Å². The van der Waals surface area contributed by atoms with E-state index in [0.29, 0.717) is 15.6 Å². The molecule has 0 saturated heterocycles. The monoisotopic (exact) mass is 303 g/mol. The molecule has 0 aliphatic rings. The summed E-state index contributed by atoms with van der Waals surface area (Å²) < 4.78 is 13.9. The molecule has 2 rings (SSSR count). The normalized spacial score (nSPS) is 12.5. The maximum Gasteiger partial charge on any atom is 0.146 e. The van der Waals surface area contributed by atoms with Crippen LogP contribution >= 0.6 is 34.8 Å². The molecule has 0 radical (unpaired) electrons. The van der Waals surface area contributed by atoms with Crippen LogP contribution in [0.5, 0.6) is 0 Å². The fraction of sp³-hybridized carbons (Fsp3) is 0.0769. The van der Waals surface area contributed by atoms with Crippen molar-refractivity contribution in [3.8, 4) is 0 Å². The van der Waals surface area contributed by atoms with Gasteiger partial charge in [-0.25, -0.2) is 4.39 Å². The Morgan fingerprint density at radius 3 is 2.39 bits per heavy atom. The molecule has 18 heavy (non-hydrogen) atoms. The van der Waals surface area contributed by atoms with Gasteiger partial charge in [-0.2, -0.15) is 0 Å². The van der Waals surface area contributed by atoms with E-state index in [4.69, 9.17) is 40.5 Å². The van der Waals surface area contributed by atoms with Crippen molar-refractivity contribution < 1.29 is 4.39 Å². The maximum atomic E-state index is 13.9. The number of hydrogen-bond donors (Lipinski definition) is 1. The van der Waals surface area contributed by atoms with Crippen LogP contribution in [0.2, 0.25) is 15.1 Å². The molecule has 0 aliphatic carbocycles. The molecular formula is C13H9Cl3FN. The third kappa shape index (κ3) is 2.62. The van der Waals surface area contributed by atoms with Crippen molar-refractivity contribution in [1.82, 2.24) is 0 Å². The average Bonchev–Trinajstić information content (AvgIpc) is 2.35. The lowest BCUT2D eigenvalue weighted by atomic mass is 9.99. The lowest BCUT2D eigenvalue weighted by Gasteiger charge is -2.15. The van der Waals surface area contributed by atoms with Crippen LogP contribution in [-0.2, 0) is 0 Å². The zero-order valence-electron chi connectivity index (χ0n) is 9.13. The van der Waals surface area contributed by atoms with Gasteiger partial charge in [-0.15, -0.1) is 0 Å². The standard InChI is InChI=1S/C13H9Cl3FN/c14-7-4-5-10(15)9(6-7)13(18)8-2-1-3-11(16)12(8)17/h1-6,13H,18H2. The van der Waals surface area contributed by atoms with Gasteiger partial charge in [0, 0.05) is 15.6 Å². The highest BCUT2D eigenvalue weighted by molar-refractivity contribution is 6.33. The van der Waals surface area contributed by atoms with Gasteiger partial charge < -0.3 is 5.73 Å². The summed E-state index contributed by atoms with van der Waals surface area (Å²) in [6.45, 7) is 0. The second-order valence-electron chi connectivity index (χ2n) is 3.79. The van der Waals surface area contributed by atoms with Gasteiger partial charge in [0.15, 0.2) is 0 Å². The predicted molar refractivity (Wildman–Crippen MR) is 73.9 cm³/mol. The molecule has 94 valence electrons. The molecular weight excluding hydrogens is 296 g/mol. The highest BCUT2D eigenvalue weighted by atomic mass is 35.5. The Morgan fingerprint density at radius 2 is 1.67 bits per heavy atom. The van der Waals surface area contributed by atoms with Gasteiger partial charge in [0.05, 0.1) is 11.1 Å². The van der Waals surface area contributed by atoms with Crippen molar-refractivity contribution in [2.45, 2.75) is 6.04 Å². The molecule has 0 aromatic heterocycles. The fourth-order valence-corrected chi connectivity index (χ4v) is 2.28. The van der Waals surface area contributed by atoms with Gasteiger partial charge in [-0.1, -0.05) is 46.9 Å². The van der Waals surface area contributed by atoms with Gasteiger partial charge in [-0.05, 0) is 29.8 Å². The summed E-state index contributed by atoms with van der Waals surface area (Å²) in [5.41, 5.74) is 6.86. The molecule has 2 aromatic carbocycles. The summed E-state index contributed by atoms with van der Waals surface area (Å²) in [6.07, 6.45) is 0. The van der Waals surface area contributed by atoms with Crippen molar-refractivity contribution in [3.05, 3.63) is 68.4 Å². The van der Waals surface area contributed by atoms with Crippen LogP contribution in [0.4, 0.5) is 4.39 Å². The van der Waals surface area contributed by atoms with Gasteiger partial charge in [-0.3, -0.25) is 0 Å². The zero-order valence-corrected chi connectivity index (χ0v) is 11.4. The Morgan fingerprint density at radius 1 is 0.944 bits per heavy atom. The van der Waals surface area contributed by atoms with Crippen LogP contribution in [0, 0.1) is 5.82 Å². The largest absolute Gasteiger partial charge is 0.320 e. The third-order valence-electron chi connectivity index (χ3n) is 2.61.